The van der Waals surface area contributed by atoms with E-state index in [0.717, 1.165) is 19.3 Å². The van der Waals surface area contributed by atoms with Crippen molar-refractivity contribution in [2.45, 2.75) is 129 Å². The van der Waals surface area contributed by atoms with Gasteiger partial charge < -0.3 is 10.2 Å². The van der Waals surface area contributed by atoms with E-state index in [4.69, 9.17) is 11.6 Å². The van der Waals surface area contributed by atoms with Gasteiger partial charge in [0, 0.05) is 12.8 Å². The van der Waals surface area contributed by atoms with Crippen molar-refractivity contribution in [3.8, 4) is 0 Å². The number of unbranched alkanes of at least 4 members (excludes halogenated alkanes) is 12. The average molecular weight is 419 g/mol. The number of halogens is 1. The van der Waals surface area contributed by atoms with Crippen LogP contribution in [0.4, 0.5) is 0 Å². The molecule has 0 aliphatic carbocycles. The van der Waals surface area contributed by atoms with Crippen molar-refractivity contribution in [2.24, 2.45) is 5.41 Å². The van der Waals surface area contributed by atoms with Gasteiger partial charge in [0.15, 0.2) is 17.0 Å². The van der Waals surface area contributed by atoms with Gasteiger partial charge in [-0.15, -0.1) is 0 Å². The molecule has 0 aliphatic heterocycles. The lowest BCUT2D eigenvalue weighted by molar-refractivity contribution is -0.185. The van der Waals surface area contributed by atoms with Crippen LogP contribution in [0.15, 0.2) is 0 Å². The van der Waals surface area contributed by atoms with Crippen LogP contribution in [-0.2, 0) is 9.59 Å². The van der Waals surface area contributed by atoms with Gasteiger partial charge in [-0.3, -0.25) is 9.59 Å². The van der Waals surface area contributed by atoms with E-state index in [1.54, 1.807) is 6.92 Å². The van der Waals surface area contributed by atoms with Crippen LogP contribution in [0.25, 0.3) is 0 Å². The van der Waals surface area contributed by atoms with Gasteiger partial charge in [-0.1, -0.05) is 102 Å². The maximum Gasteiger partial charge on any atom is 0.263 e. The number of hydrogen-bond donors (Lipinski definition) is 2. The van der Waals surface area contributed by atoms with Gasteiger partial charge in [-0.25, -0.2) is 0 Å². The van der Waals surface area contributed by atoms with Crippen molar-refractivity contribution in [1.82, 2.24) is 0 Å². The van der Waals surface area contributed by atoms with E-state index in [1.807, 2.05) is 0 Å². The molecule has 1 atom stereocenters. The Morgan fingerprint density at radius 2 is 1.00 bits per heavy atom. The first-order valence-electron chi connectivity index (χ1n) is 11.4. The number of hydrogen-bond acceptors (Lipinski definition) is 4. The van der Waals surface area contributed by atoms with Gasteiger partial charge in [0.05, 0.1) is 0 Å². The minimum Gasteiger partial charge on any atom is -0.352 e. The summed E-state index contributed by atoms with van der Waals surface area (Å²) in [4.78, 5) is 24.8. The van der Waals surface area contributed by atoms with Crippen LogP contribution >= 0.6 is 11.6 Å². The minimum atomic E-state index is -2.84. The smallest absolute Gasteiger partial charge is 0.263 e. The lowest BCUT2D eigenvalue weighted by Crippen LogP contribution is -2.53. The topological polar surface area (TPSA) is 74.6 Å². The summed E-state index contributed by atoms with van der Waals surface area (Å²) in [6.45, 7) is 5.30. The average Bonchev–Trinajstić information content (AvgIpc) is 2.63. The van der Waals surface area contributed by atoms with Crippen LogP contribution in [0.5, 0.6) is 0 Å². The molecule has 0 aromatic rings. The van der Waals surface area contributed by atoms with Gasteiger partial charge >= 0.3 is 0 Å². The normalized spacial score (nSPS) is 14.1. The Labute approximate surface area is 177 Å². The Hall–Kier alpha value is -0.450. The molecule has 0 aromatic heterocycles. The van der Waals surface area contributed by atoms with E-state index >= 15 is 0 Å². The molecular formula is C23H43ClO4. The van der Waals surface area contributed by atoms with Gasteiger partial charge in [0.1, 0.15) is 0 Å². The zero-order valence-corrected chi connectivity index (χ0v) is 19.2. The van der Waals surface area contributed by atoms with E-state index in [1.165, 1.54) is 64.7 Å². The first-order valence-corrected chi connectivity index (χ1v) is 11.8. The zero-order chi connectivity index (χ0) is 21.5. The number of rotatable bonds is 19. The predicted octanol–water partition coefficient (Wildman–Crippen LogP) is 6.29. The van der Waals surface area contributed by atoms with Crippen molar-refractivity contribution in [1.29, 1.82) is 0 Å². The molecule has 0 aromatic carbocycles. The van der Waals surface area contributed by atoms with Crippen LogP contribution in [0, 0.1) is 5.41 Å². The summed E-state index contributed by atoms with van der Waals surface area (Å²) in [6, 6.07) is 0. The van der Waals surface area contributed by atoms with Gasteiger partial charge in [-0.2, -0.15) is 0 Å². The molecule has 0 fully saturated rings. The molecular weight excluding hydrogens is 376 g/mol. The molecule has 0 saturated carbocycles. The maximum absolute atomic E-state index is 12.5. The summed E-state index contributed by atoms with van der Waals surface area (Å²) in [5, 5.41) is 16.7. The quantitative estimate of drug-likeness (QED) is 0.112. The Balaban J connectivity index is 3.92. The summed E-state index contributed by atoms with van der Waals surface area (Å²) in [7, 11) is 0. The number of carbonyl (C=O) groups excluding carboxylic acids is 2. The Morgan fingerprint density at radius 1 is 0.643 bits per heavy atom. The third-order valence-electron chi connectivity index (χ3n) is 5.74. The van der Waals surface area contributed by atoms with Gasteiger partial charge in [-0.05, 0) is 19.8 Å². The summed E-state index contributed by atoms with van der Waals surface area (Å²) in [5.41, 5.74) is -1.96. The van der Waals surface area contributed by atoms with Crippen molar-refractivity contribution in [3.05, 3.63) is 0 Å². The van der Waals surface area contributed by atoms with Crippen LogP contribution in [0.2, 0.25) is 0 Å². The highest BCUT2D eigenvalue weighted by molar-refractivity contribution is 6.27. The summed E-state index contributed by atoms with van der Waals surface area (Å²) >= 11 is 5.59. The lowest BCUT2D eigenvalue weighted by Gasteiger charge is -2.34. The number of alkyl halides is 1. The summed E-state index contributed by atoms with van der Waals surface area (Å²) < 4.78 is 0. The second-order valence-corrected chi connectivity index (χ2v) is 8.83. The van der Waals surface area contributed by atoms with Crippen molar-refractivity contribution in [3.63, 3.8) is 0 Å². The molecule has 0 saturated heterocycles. The zero-order valence-electron chi connectivity index (χ0n) is 18.4. The highest BCUT2D eigenvalue weighted by atomic mass is 35.5. The minimum absolute atomic E-state index is 0.108. The van der Waals surface area contributed by atoms with Gasteiger partial charge in [0.2, 0.25) is 0 Å². The molecule has 0 rings (SSSR count). The number of ketones is 2. The fourth-order valence-corrected chi connectivity index (χ4v) is 3.75. The number of carbonyl (C=O) groups is 2. The summed E-state index contributed by atoms with van der Waals surface area (Å²) in [5.74, 6) is -0.983. The highest BCUT2D eigenvalue weighted by Gasteiger charge is 2.54. The molecule has 0 amide bonds. The van der Waals surface area contributed by atoms with E-state index < -0.39 is 22.2 Å². The van der Waals surface area contributed by atoms with Crippen molar-refractivity contribution >= 4 is 23.2 Å². The molecule has 0 aliphatic rings. The SMILES string of the molecule is CCCCCCCCCCCCCCCC(=O)C(C)(C(=O)CCC)C(O)(O)Cl. The summed E-state index contributed by atoms with van der Waals surface area (Å²) in [6.07, 6.45) is 16.5. The monoisotopic (exact) mass is 418 g/mol. The standard InChI is InChI=1S/C23H43ClO4/c1-4-6-7-8-9-10-11-12-13-14-15-16-17-19-21(26)22(3,23(24,27)28)20(25)18-5-2/h27-28H,4-19H2,1-3H3. The third-order valence-corrected chi connectivity index (χ3v) is 6.11. The van der Waals surface area contributed by atoms with E-state index in [-0.39, 0.29) is 12.8 Å². The Bertz CT molecular complexity index is 431. The fraction of sp³-hybridized carbons (Fsp3) is 0.913. The maximum atomic E-state index is 12.5. The molecule has 0 heterocycles. The second kappa shape index (κ2) is 15.4. The lowest BCUT2D eigenvalue weighted by atomic mass is 9.76. The fourth-order valence-electron chi connectivity index (χ4n) is 3.54. The van der Waals surface area contributed by atoms with Crippen LogP contribution < -0.4 is 0 Å². The molecule has 0 bridgehead atoms. The van der Waals surface area contributed by atoms with Crippen LogP contribution in [-0.4, -0.2) is 27.0 Å². The molecule has 0 radical (unpaired) electrons. The molecule has 28 heavy (non-hydrogen) atoms. The Kier molecular flexibility index (Phi) is 15.2. The van der Waals surface area contributed by atoms with Crippen LogP contribution in [0.3, 0.4) is 0 Å². The van der Waals surface area contributed by atoms with Crippen molar-refractivity contribution in [2.75, 3.05) is 0 Å². The highest BCUT2D eigenvalue weighted by Crippen LogP contribution is 2.37. The molecule has 2 N–H and O–H groups in total. The second-order valence-electron chi connectivity index (χ2n) is 8.30. The molecule has 1 unspecified atom stereocenters. The molecule has 0 spiro atoms. The molecule has 166 valence electrons. The van der Waals surface area contributed by atoms with E-state index in [2.05, 4.69) is 6.92 Å². The third kappa shape index (κ3) is 10.4. The number of Topliss-reactive ketones (excluding diaryl/α,β-unsaturated/α-hetero) is 2. The van der Waals surface area contributed by atoms with Crippen molar-refractivity contribution < 1.29 is 19.8 Å². The largest absolute Gasteiger partial charge is 0.352 e. The molecule has 4 nitrogen and oxygen atoms in total. The number of aliphatic hydroxyl groups is 2. The molecule has 5 heteroatoms. The van der Waals surface area contributed by atoms with E-state index in [0.29, 0.717) is 12.8 Å². The first kappa shape index (κ1) is 27.5. The van der Waals surface area contributed by atoms with Crippen LogP contribution in [0.1, 0.15) is 124 Å². The Morgan fingerprint density at radius 3 is 1.36 bits per heavy atom. The predicted molar refractivity (Wildman–Crippen MR) is 116 cm³/mol. The van der Waals surface area contributed by atoms with E-state index in [9.17, 15) is 19.8 Å². The van der Waals surface area contributed by atoms with Gasteiger partial charge in [0.25, 0.3) is 5.25 Å². The first-order chi connectivity index (χ1) is 13.2.